The predicted octanol–water partition coefficient (Wildman–Crippen LogP) is 1.28. The summed E-state index contributed by atoms with van der Waals surface area (Å²) >= 11 is 0. The van der Waals surface area contributed by atoms with Gasteiger partial charge in [-0.15, -0.1) is 0 Å². The van der Waals surface area contributed by atoms with Crippen LogP contribution < -0.4 is 15.5 Å². The van der Waals surface area contributed by atoms with Crippen molar-refractivity contribution in [1.29, 1.82) is 0 Å². The Hall–Kier alpha value is -3.19. The molecule has 0 aliphatic rings. The standard InChI is InChI=1S/C20H22N2O5/c1-3-20(27,4-2)19(26)21-22(14-10-6-5-7-11-14)17(23)15-12-8-9-13-16(15)18(24)25/h5-13,27H,3-4H2,1-2H3,(H,21,26)(H,24,25)/p-1. The number of benzene rings is 2. The van der Waals surface area contributed by atoms with Crippen molar-refractivity contribution in [3.63, 3.8) is 0 Å². The van der Waals surface area contributed by atoms with Crippen molar-refractivity contribution in [1.82, 2.24) is 5.43 Å². The Morgan fingerprint density at radius 3 is 2.00 bits per heavy atom. The maximum Gasteiger partial charge on any atom is 0.277 e. The summed E-state index contributed by atoms with van der Waals surface area (Å²) in [6.45, 7) is 3.31. The van der Waals surface area contributed by atoms with E-state index in [2.05, 4.69) is 5.43 Å². The summed E-state index contributed by atoms with van der Waals surface area (Å²) in [6.07, 6.45) is 0.309. The van der Waals surface area contributed by atoms with E-state index in [0.29, 0.717) is 5.69 Å². The van der Waals surface area contributed by atoms with Crippen molar-refractivity contribution in [2.75, 3.05) is 5.01 Å². The number of aromatic carboxylic acids is 1. The van der Waals surface area contributed by atoms with Crippen molar-refractivity contribution in [2.24, 2.45) is 0 Å². The second kappa shape index (κ2) is 8.46. The first-order chi connectivity index (χ1) is 12.8. The number of rotatable bonds is 6. The fourth-order valence-corrected chi connectivity index (χ4v) is 2.55. The highest BCUT2D eigenvalue weighted by molar-refractivity contribution is 6.12. The van der Waals surface area contributed by atoms with E-state index < -0.39 is 23.4 Å². The van der Waals surface area contributed by atoms with Gasteiger partial charge >= 0.3 is 0 Å². The first kappa shape index (κ1) is 20.1. The summed E-state index contributed by atoms with van der Waals surface area (Å²) < 4.78 is 0. The van der Waals surface area contributed by atoms with Gasteiger partial charge in [0.05, 0.1) is 17.2 Å². The minimum Gasteiger partial charge on any atom is -0.545 e. The second-order valence-electron chi connectivity index (χ2n) is 5.99. The number of anilines is 1. The number of carbonyl (C=O) groups excluding carboxylic acids is 3. The number of amides is 2. The van der Waals surface area contributed by atoms with Gasteiger partial charge < -0.3 is 15.0 Å². The topological polar surface area (TPSA) is 110 Å². The Kier molecular flexibility index (Phi) is 6.31. The molecule has 0 unspecified atom stereocenters. The van der Waals surface area contributed by atoms with Gasteiger partial charge in [0.1, 0.15) is 5.60 Å². The van der Waals surface area contributed by atoms with Crippen molar-refractivity contribution >= 4 is 23.5 Å². The summed E-state index contributed by atoms with van der Waals surface area (Å²) in [5.41, 5.74) is 0.655. The quantitative estimate of drug-likeness (QED) is 0.746. The number of hydrogen-bond donors (Lipinski definition) is 2. The molecule has 0 fully saturated rings. The third-order valence-corrected chi connectivity index (χ3v) is 4.40. The largest absolute Gasteiger partial charge is 0.545 e. The molecule has 0 saturated carbocycles. The molecular weight excluding hydrogens is 348 g/mol. The van der Waals surface area contributed by atoms with Gasteiger partial charge in [-0.1, -0.05) is 50.2 Å². The van der Waals surface area contributed by atoms with Crippen LogP contribution in [0.5, 0.6) is 0 Å². The molecule has 2 aromatic carbocycles. The third kappa shape index (κ3) is 4.32. The Bertz CT molecular complexity index is 831. The highest BCUT2D eigenvalue weighted by Gasteiger charge is 2.34. The average molecular weight is 369 g/mol. The fraction of sp³-hybridized carbons (Fsp3) is 0.250. The van der Waals surface area contributed by atoms with Crippen LogP contribution in [0.2, 0.25) is 0 Å². The zero-order valence-corrected chi connectivity index (χ0v) is 15.1. The maximum atomic E-state index is 13.0. The van der Waals surface area contributed by atoms with Crippen LogP contribution >= 0.6 is 0 Å². The number of para-hydroxylation sites is 1. The number of carboxylic acids is 1. The number of hydrazine groups is 1. The van der Waals surface area contributed by atoms with Crippen LogP contribution in [0.1, 0.15) is 47.4 Å². The molecule has 7 nitrogen and oxygen atoms in total. The maximum absolute atomic E-state index is 13.0. The summed E-state index contributed by atoms with van der Waals surface area (Å²) in [5.74, 6) is -3.02. The minimum atomic E-state index is -1.65. The van der Waals surface area contributed by atoms with Crippen molar-refractivity contribution in [3.8, 4) is 0 Å². The normalized spacial score (nSPS) is 10.9. The first-order valence-corrected chi connectivity index (χ1v) is 8.57. The molecule has 0 aliphatic heterocycles. The van der Waals surface area contributed by atoms with Gasteiger partial charge in [-0.2, -0.15) is 0 Å². The highest BCUT2D eigenvalue weighted by atomic mass is 16.4. The highest BCUT2D eigenvalue weighted by Crippen LogP contribution is 2.20. The van der Waals surface area contributed by atoms with Crippen LogP contribution in [-0.4, -0.2) is 28.5 Å². The minimum absolute atomic E-state index is 0.141. The Balaban J connectivity index is 2.47. The Morgan fingerprint density at radius 1 is 0.963 bits per heavy atom. The van der Waals surface area contributed by atoms with Gasteiger partial charge in [0.2, 0.25) is 0 Å². The zero-order chi connectivity index (χ0) is 20.0. The lowest BCUT2D eigenvalue weighted by atomic mass is 9.97. The molecule has 0 atom stereocenters. The van der Waals surface area contributed by atoms with E-state index in [-0.39, 0.29) is 24.0 Å². The molecule has 0 aromatic heterocycles. The molecule has 0 aliphatic carbocycles. The number of nitrogens with zero attached hydrogens (tertiary/aromatic N) is 1. The molecule has 0 radical (unpaired) electrons. The molecule has 2 amide bonds. The summed E-state index contributed by atoms with van der Waals surface area (Å²) in [6, 6.07) is 13.8. The SMILES string of the molecule is CCC(O)(CC)C(=O)NN(C(=O)c1ccccc1C(=O)[O-])c1ccccc1. The van der Waals surface area contributed by atoms with Crippen LogP contribution in [0.15, 0.2) is 54.6 Å². The van der Waals surface area contributed by atoms with Gasteiger partial charge in [0, 0.05) is 5.56 Å². The number of hydrogen-bond acceptors (Lipinski definition) is 5. The van der Waals surface area contributed by atoms with Crippen LogP contribution in [0.25, 0.3) is 0 Å². The summed E-state index contributed by atoms with van der Waals surface area (Å²) in [4.78, 5) is 37.0. The lowest BCUT2D eigenvalue weighted by Crippen LogP contribution is -2.55. The summed E-state index contributed by atoms with van der Waals surface area (Å²) in [5, 5.41) is 22.7. The van der Waals surface area contributed by atoms with E-state index >= 15 is 0 Å². The molecule has 0 saturated heterocycles. The van der Waals surface area contributed by atoms with Crippen LogP contribution in [0.4, 0.5) is 5.69 Å². The van der Waals surface area contributed by atoms with E-state index in [1.807, 2.05) is 0 Å². The van der Waals surface area contributed by atoms with E-state index in [0.717, 1.165) is 5.01 Å². The molecule has 2 aromatic rings. The van der Waals surface area contributed by atoms with Gasteiger partial charge in [-0.3, -0.25) is 15.0 Å². The van der Waals surface area contributed by atoms with Crippen molar-refractivity contribution in [2.45, 2.75) is 32.3 Å². The van der Waals surface area contributed by atoms with E-state index in [1.54, 1.807) is 44.2 Å². The van der Waals surface area contributed by atoms with Crippen LogP contribution in [-0.2, 0) is 4.79 Å². The smallest absolute Gasteiger partial charge is 0.277 e. The van der Waals surface area contributed by atoms with Gasteiger partial charge in [0.25, 0.3) is 11.8 Å². The van der Waals surface area contributed by atoms with Crippen LogP contribution in [0, 0.1) is 0 Å². The zero-order valence-electron chi connectivity index (χ0n) is 15.1. The Morgan fingerprint density at radius 2 is 1.48 bits per heavy atom. The lowest BCUT2D eigenvalue weighted by Gasteiger charge is -2.30. The van der Waals surface area contributed by atoms with E-state index in [4.69, 9.17) is 0 Å². The summed E-state index contributed by atoms with van der Waals surface area (Å²) in [7, 11) is 0. The number of aliphatic hydroxyl groups is 1. The molecule has 7 heteroatoms. The average Bonchev–Trinajstić information content (AvgIpc) is 2.71. The number of nitrogens with one attached hydrogen (secondary N) is 1. The molecule has 0 spiro atoms. The molecule has 0 heterocycles. The van der Waals surface area contributed by atoms with Gasteiger partial charge in [-0.25, -0.2) is 5.01 Å². The molecule has 0 bridgehead atoms. The third-order valence-electron chi connectivity index (χ3n) is 4.40. The number of carboxylic acid groups (broad SMARTS) is 1. The van der Waals surface area contributed by atoms with Gasteiger partial charge in [0.15, 0.2) is 0 Å². The fourth-order valence-electron chi connectivity index (χ4n) is 2.55. The van der Waals surface area contributed by atoms with Crippen molar-refractivity contribution < 1.29 is 24.6 Å². The van der Waals surface area contributed by atoms with E-state index in [9.17, 15) is 24.6 Å². The van der Waals surface area contributed by atoms with Gasteiger partial charge in [-0.05, 0) is 31.0 Å². The Labute approximate surface area is 157 Å². The lowest BCUT2D eigenvalue weighted by molar-refractivity contribution is -0.255. The monoisotopic (exact) mass is 369 g/mol. The van der Waals surface area contributed by atoms with Crippen molar-refractivity contribution in [3.05, 3.63) is 65.7 Å². The predicted molar refractivity (Wildman–Crippen MR) is 97.7 cm³/mol. The number of carbonyl (C=O) groups is 3. The van der Waals surface area contributed by atoms with Crippen LogP contribution in [0.3, 0.4) is 0 Å². The molecular formula is C20H21N2O5-. The molecule has 27 heavy (non-hydrogen) atoms. The first-order valence-electron chi connectivity index (χ1n) is 8.57. The molecule has 2 rings (SSSR count). The molecule has 142 valence electrons. The second-order valence-corrected chi connectivity index (χ2v) is 5.99. The molecule has 2 N–H and O–H groups in total. The van der Waals surface area contributed by atoms with E-state index in [1.165, 1.54) is 24.3 Å².